The molecule has 2 N–H and O–H groups in total. The molecule has 37 heavy (non-hydrogen) atoms. The summed E-state index contributed by atoms with van der Waals surface area (Å²) >= 11 is 1.06. The Morgan fingerprint density at radius 1 is 1.24 bits per heavy atom. The molecule has 0 spiro atoms. The lowest BCUT2D eigenvalue weighted by Crippen LogP contribution is -2.39. The highest BCUT2D eigenvalue weighted by Gasteiger charge is 2.29. The summed E-state index contributed by atoms with van der Waals surface area (Å²) in [6.07, 6.45) is -1.48. The Morgan fingerprint density at radius 3 is 2.62 bits per heavy atom. The standard InChI is InChI=1S/C27H31F3N6S/c1-16(14-31)11-22-17(2)5-6-19(18(22)3)15-36-9-7-20(8-10-36)33-24-23-12-21(13-27(28,29)30)37-25(23)35-26(32-4)34-24/h5-6,11-12,20H,7-10,13,15H2,1-4H3,(H2,32,33,34,35)/b16-11+. The monoisotopic (exact) mass is 528 g/mol. The number of hydrogen-bond donors (Lipinski definition) is 2. The molecule has 1 fully saturated rings. The second-order valence-corrected chi connectivity index (χ2v) is 10.7. The highest BCUT2D eigenvalue weighted by Crippen LogP contribution is 2.34. The van der Waals surface area contributed by atoms with Crippen molar-refractivity contribution in [2.45, 2.75) is 58.8 Å². The van der Waals surface area contributed by atoms with Crippen molar-refractivity contribution in [3.63, 3.8) is 0 Å². The van der Waals surface area contributed by atoms with Gasteiger partial charge in [-0.25, -0.2) is 4.98 Å². The van der Waals surface area contributed by atoms with Gasteiger partial charge in [0.25, 0.3) is 0 Å². The Hall–Kier alpha value is -3.16. The van der Waals surface area contributed by atoms with Gasteiger partial charge in [0.1, 0.15) is 10.6 Å². The molecule has 10 heteroatoms. The molecule has 0 unspecified atom stereocenters. The minimum absolute atomic E-state index is 0.168. The van der Waals surface area contributed by atoms with E-state index in [0.29, 0.717) is 27.6 Å². The van der Waals surface area contributed by atoms with Crippen LogP contribution in [0.2, 0.25) is 0 Å². The molecule has 1 aliphatic rings. The fourth-order valence-corrected chi connectivity index (χ4v) is 5.76. The van der Waals surface area contributed by atoms with Gasteiger partial charge in [0, 0.05) is 43.2 Å². The van der Waals surface area contributed by atoms with Gasteiger partial charge in [0.05, 0.1) is 17.9 Å². The van der Waals surface area contributed by atoms with Crippen LogP contribution in [0.15, 0.2) is 23.8 Å². The zero-order chi connectivity index (χ0) is 26.7. The number of alkyl halides is 3. The van der Waals surface area contributed by atoms with Crippen LogP contribution in [0, 0.1) is 25.2 Å². The van der Waals surface area contributed by atoms with Crippen LogP contribution in [0.4, 0.5) is 24.9 Å². The number of rotatable bonds is 7. The number of likely N-dealkylation sites (tertiary alicyclic amines) is 1. The predicted molar refractivity (Wildman–Crippen MR) is 144 cm³/mol. The van der Waals surface area contributed by atoms with Gasteiger partial charge in [-0.15, -0.1) is 11.3 Å². The number of anilines is 2. The van der Waals surface area contributed by atoms with E-state index < -0.39 is 12.6 Å². The summed E-state index contributed by atoms with van der Waals surface area (Å²) in [5.41, 5.74) is 5.40. The van der Waals surface area contributed by atoms with Crippen molar-refractivity contribution >= 4 is 39.4 Å². The molecular formula is C27H31F3N6S. The van der Waals surface area contributed by atoms with E-state index in [1.54, 1.807) is 13.1 Å². The second kappa shape index (κ2) is 11.1. The maximum absolute atomic E-state index is 12.9. The molecular weight excluding hydrogens is 497 g/mol. The number of halogens is 3. The van der Waals surface area contributed by atoms with Crippen LogP contribution in [-0.4, -0.2) is 47.2 Å². The lowest BCUT2D eigenvalue weighted by Gasteiger charge is -2.33. The number of hydrogen-bond acceptors (Lipinski definition) is 7. The lowest BCUT2D eigenvalue weighted by molar-refractivity contribution is -0.126. The van der Waals surface area contributed by atoms with E-state index in [4.69, 9.17) is 0 Å². The average molecular weight is 529 g/mol. The maximum Gasteiger partial charge on any atom is 0.393 e. The summed E-state index contributed by atoms with van der Waals surface area (Å²) < 4.78 is 38.8. The first-order chi connectivity index (χ1) is 17.6. The number of allylic oxidation sites excluding steroid dienone is 1. The highest BCUT2D eigenvalue weighted by atomic mass is 32.1. The van der Waals surface area contributed by atoms with Gasteiger partial charge >= 0.3 is 6.18 Å². The van der Waals surface area contributed by atoms with Crippen LogP contribution in [0.1, 0.15) is 46.9 Å². The number of nitrogens with zero attached hydrogens (tertiary/aromatic N) is 4. The van der Waals surface area contributed by atoms with Crippen LogP contribution >= 0.6 is 11.3 Å². The Balaban J connectivity index is 1.45. The first-order valence-electron chi connectivity index (χ1n) is 12.3. The molecule has 0 aliphatic carbocycles. The summed E-state index contributed by atoms with van der Waals surface area (Å²) in [6, 6.07) is 8.21. The van der Waals surface area contributed by atoms with Gasteiger partial charge in [-0.05, 0) is 68.0 Å². The molecule has 6 nitrogen and oxygen atoms in total. The van der Waals surface area contributed by atoms with Gasteiger partial charge in [-0.3, -0.25) is 4.90 Å². The van der Waals surface area contributed by atoms with Crippen LogP contribution in [0.5, 0.6) is 0 Å². The lowest BCUT2D eigenvalue weighted by atomic mass is 9.95. The van der Waals surface area contributed by atoms with E-state index in [1.807, 2.05) is 13.0 Å². The van der Waals surface area contributed by atoms with Crippen molar-refractivity contribution in [2.24, 2.45) is 0 Å². The van der Waals surface area contributed by atoms with E-state index in [-0.39, 0.29) is 10.9 Å². The molecule has 3 heterocycles. The minimum Gasteiger partial charge on any atom is -0.367 e. The summed E-state index contributed by atoms with van der Waals surface area (Å²) in [5, 5.41) is 16.2. The quantitative estimate of drug-likeness (QED) is 0.343. The van der Waals surface area contributed by atoms with Crippen LogP contribution in [-0.2, 0) is 13.0 Å². The molecule has 0 bridgehead atoms. The zero-order valence-corrected chi connectivity index (χ0v) is 22.3. The van der Waals surface area contributed by atoms with E-state index >= 15 is 0 Å². The van der Waals surface area contributed by atoms with Crippen molar-refractivity contribution < 1.29 is 13.2 Å². The number of nitriles is 1. The van der Waals surface area contributed by atoms with Crippen molar-refractivity contribution in [1.29, 1.82) is 5.26 Å². The minimum atomic E-state index is -4.26. The third-order valence-electron chi connectivity index (χ3n) is 6.75. The van der Waals surface area contributed by atoms with E-state index in [0.717, 1.165) is 54.9 Å². The Labute approximate surface area is 219 Å². The maximum atomic E-state index is 12.9. The average Bonchev–Trinajstić information content (AvgIpc) is 3.25. The number of aromatic nitrogens is 2. The first-order valence-corrected chi connectivity index (χ1v) is 13.1. The van der Waals surface area contributed by atoms with Crippen molar-refractivity contribution in [1.82, 2.24) is 14.9 Å². The summed E-state index contributed by atoms with van der Waals surface area (Å²) in [7, 11) is 1.70. The van der Waals surface area contributed by atoms with Crippen LogP contribution < -0.4 is 10.6 Å². The Kier molecular flexibility index (Phi) is 8.05. The predicted octanol–water partition coefficient (Wildman–Crippen LogP) is 6.46. The fraction of sp³-hybridized carbons (Fsp3) is 0.444. The third-order valence-corrected chi connectivity index (χ3v) is 7.78. The molecule has 196 valence electrons. The van der Waals surface area contributed by atoms with Crippen molar-refractivity contribution in [3.8, 4) is 6.07 Å². The molecule has 1 aromatic carbocycles. The number of thiophene rings is 1. The van der Waals surface area contributed by atoms with Crippen LogP contribution in [0.3, 0.4) is 0 Å². The van der Waals surface area contributed by atoms with E-state index in [9.17, 15) is 18.4 Å². The molecule has 0 amide bonds. The summed E-state index contributed by atoms with van der Waals surface area (Å²) in [4.78, 5) is 12.1. The van der Waals surface area contributed by atoms with Crippen molar-refractivity contribution in [2.75, 3.05) is 30.8 Å². The number of nitrogens with one attached hydrogen (secondary N) is 2. The molecule has 0 atom stereocenters. The number of fused-ring (bicyclic) bond motifs is 1. The largest absolute Gasteiger partial charge is 0.393 e. The molecule has 3 aromatic rings. The molecule has 2 aromatic heterocycles. The van der Waals surface area contributed by atoms with Crippen molar-refractivity contribution in [3.05, 3.63) is 50.9 Å². The molecule has 1 saturated heterocycles. The normalized spacial score (nSPS) is 15.7. The zero-order valence-electron chi connectivity index (χ0n) is 21.5. The Bertz CT molecular complexity index is 1350. The molecule has 1 aliphatic heterocycles. The first kappa shape index (κ1) is 26.9. The fourth-order valence-electron chi connectivity index (χ4n) is 4.70. The molecule has 4 rings (SSSR count). The number of aryl methyl sites for hydroxylation is 1. The van der Waals surface area contributed by atoms with Gasteiger partial charge in [-0.1, -0.05) is 12.1 Å². The third kappa shape index (κ3) is 6.59. The Morgan fingerprint density at radius 2 is 1.97 bits per heavy atom. The summed E-state index contributed by atoms with van der Waals surface area (Å²) in [6.45, 7) is 8.61. The number of benzene rings is 1. The smallest absolute Gasteiger partial charge is 0.367 e. The SMILES string of the molecule is CNc1nc(NC2CCN(Cc3ccc(C)c(/C=C(\C)C#N)c3C)CC2)c2cc(CC(F)(F)F)sc2n1. The topological polar surface area (TPSA) is 76.9 Å². The summed E-state index contributed by atoms with van der Waals surface area (Å²) in [5.74, 6) is 0.968. The molecule has 0 saturated carbocycles. The van der Waals surface area contributed by atoms with Crippen LogP contribution in [0.25, 0.3) is 16.3 Å². The van der Waals surface area contributed by atoms with Gasteiger partial charge < -0.3 is 10.6 Å². The highest BCUT2D eigenvalue weighted by molar-refractivity contribution is 7.18. The van der Waals surface area contributed by atoms with E-state index in [2.05, 4.69) is 57.6 Å². The number of piperidine rings is 1. The van der Waals surface area contributed by atoms with E-state index in [1.165, 1.54) is 11.1 Å². The second-order valence-electron chi connectivity index (χ2n) is 9.58. The van der Waals surface area contributed by atoms with Gasteiger partial charge in [-0.2, -0.15) is 23.4 Å². The molecule has 0 radical (unpaired) electrons. The van der Waals surface area contributed by atoms with Gasteiger partial charge in [0.15, 0.2) is 0 Å². The van der Waals surface area contributed by atoms with Gasteiger partial charge in [0.2, 0.25) is 5.95 Å².